The zero-order valence-corrected chi connectivity index (χ0v) is 23.1. The summed E-state index contributed by atoms with van der Waals surface area (Å²) in [5.74, 6) is 0.104. The van der Waals surface area contributed by atoms with E-state index in [1.807, 2.05) is 24.3 Å². The van der Waals surface area contributed by atoms with Crippen molar-refractivity contribution in [3.63, 3.8) is 0 Å². The molecule has 0 aliphatic carbocycles. The Kier molecular flexibility index (Phi) is 8.31. The third-order valence-corrected chi connectivity index (χ3v) is 7.78. The number of methoxy groups -OCH3 is 1. The molecular formula is C33H28FNO4S. The maximum Gasteiger partial charge on any atom is 0.166 e. The fourth-order valence-corrected chi connectivity index (χ4v) is 5.63. The van der Waals surface area contributed by atoms with Gasteiger partial charge < -0.3 is 9.47 Å². The number of carbonyl (C=O) groups is 2. The molecule has 7 heteroatoms. The van der Waals surface area contributed by atoms with Crippen molar-refractivity contribution in [3.8, 4) is 27.7 Å². The first-order valence-electron chi connectivity index (χ1n) is 13.0. The Balaban J connectivity index is 1.26. The van der Waals surface area contributed by atoms with Gasteiger partial charge in [0.25, 0.3) is 0 Å². The van der Waals surface area contributed by atoms with Crippen LogP contribution in [0.4, 0.5) is 4.39 Å². The summed E-state index contributed by atoms with van der Waals surface area (Å²) in [6.45, 7) is 2.12. The van der Waals surface area contributed by atoms with Gasteiger partial charge in [-0.3, -0.25) is 14.6 Å². The Hall–Kier alpha value is -4.36. The summed E-state index contributed by atoms with van der Waals surface area (Å²) < 4.78 is 27.1. The van der Waals surface area contributed by atoms with Crippen LogP contribution in [0.25, 0.3) is 20.7 Å². The predicted octanol–water partition coefficient (Wildman–Crippen LogP) is 7.78. The molecule has 5 nitrogen and oxygen atoms in total. The number of thiophene rings is 1. The van der Waals surface area contributed by atoms with Crippen LogP contribution in [-0.4, -0.2) is 23.7 Å². The first-order chi connectivity index (χ1) is 19.4. The van der Waals surface area contributed by atoms with Crippen LogP contribution in [0.1, 0.15) is 30.0 Å². The number of carbonyl (C=O) groups excluding carboxylic acids is 2. The number of aromatic nitrogens is 1. The normalized spacial score (nSPS) is 11.0. The minimum Gasteiger partial charge on any atom is -0.496 e. The highest BCUT2D eigenvalue weighted by molar-refractivity contribution is 7.22. The molecule has 0 fully saturated rings. The lowest BCUT2D eigenvalue weighted by Gasteiger charge is -2.09. The monoisotopic (exact) mass is 553 g/mol. The number of ether oxygens (including phenoxy) is 2. The van der Waals surface area contributed by atoms with E-state index in [9.17, 15) is 9.59 Å². The number of benzene rings is 3. The predicted molar refractivity (Wildman–Crippen MR) is 156 cm³/mol. The first-order valence-corrected chi connectivity index (χ1v) is 13.8. The lowest BCUT2D eigenvalue weighted by atomic mass is 10.0. The van der Waals surface area contributed by atoms with Gasteiger partial charge in [0, 0.05) is 35.5 Å². The molecule has 0 N–H and O–H groups in total. The number of aryl methyl sites for hydroxylation is 1. The Morgan fingerprint density at radius 1 is 0.850 bits per heavy atom. The van der Waals surface area contributed by atoms with Crippen LogP contribution in [0.2, 0.25) is 0 Å². The van der Waals surface area contributed by atoms with Crippen molar-refractivity contribution < 1.29 is 23.5 Å². The summed E-state index contributed by atoms with van der Waals surface area (Å²) in [5.41, 5.74) is 4.34. The number of rotatable bonds is 11. The molecule has 40 heavy (non-hydrogen) atoms. The Bertz CT molecular complexity index is 1690. The molecule has 0 spiro atoms. The molecule has 0 bridgehead atoms. The van der Waals surface area contributed by atoms with Crippen LogP contribution >= 0.6 is 11.3 Å². The SMILES string of the molecule is CCc1cccc(-c2cc3nccc(Oc4ccc(CC(=O)CC(=O)Cc5ccccc5OC)cc4F)c3s2)c1. The molecule has 0 unspecified atom stereocenters. The van der Waals surface area contributed by atoms with Gasteiger partial charge in [-0.2, -0.15) is 0 Å². The molecule has 2 aromatic heterocycles. The lowest BCUT2D eigenvalue weighted by molar-refractivity contribution is -0.126. The molecule has 0 aliphatic heterocycles. The van der Waals surface area contributed by atoms with E-state index in [4.69, 9.17) is 9.47 Å². The van der Waals surface area contributed by atoms with Gasteiger partial charge in [0.05, 0.1) is 23.7 Å². The number of pyridine rings is 1. The highest BCUT2D eigenvalue weighted by atomic mass is 32.1. The molecular weight excluding hydrogens is 525 g/mol. The van der Waals surface area contributed by atoms with Gasteiger partial charge in [0.1, 0.15) is 23.1 Å². The Morgan fingerprint density at radius 3 is 2.48 bits per heavy atom. The fraction of sp³-hybridized carbons (Fsp3) is 0.182. The van der Waals surface area contributed by atoms with Crippen molar-refractivity contribution in [2.24, 2.45) is 0 Å². The van der Waals surface area contributed by atoms with Crippen LogP contribution in [0.5, 0.6) is 17.2 Å². The van der Waals surface area contributed by atoms with E-state index in [0.29, 0.717) is 17.1 Å². The number of hydrogen-bond acceptors (Lipinski definition) is 6. The minimum atomic E-state index is -0.581. The van der Waals surface area contributed by atoms with Crippen LogP contribution < -0.4 is 9.47 Å². The second-order valence-electron chi connectivity index (χ2n) is 9.47. The topological polar surface area (TPSA) is 65.5 Å². The van der Waals surface area contributed by atoms with Crippen molar-refractivity contribution in [2.75, 3.05) is 7.11 Å². The molecule has 2 heterocycles. The minimum absolute atomic E-state index is 0.0422. The third-order valence-electron chi connectivity index (χ3n) is 6.59. The summed E-state index contributed by atoms with van der Waals surface area (Å²) in [6, 6.07) is 23.8. The Morgan fingerprint density at radius 2 is 1.68 bits per heavy atom. The molecule has 0 aliphatic rings. The fourth-order valence-electron chi connectivity index (χ4n) is 4.57. The molecule has 0 atom stereocenters. The first kappa shape index (κ1) is 27.2. The molecule has 0 saturated carbocycles. The van der Waals surface area contributed by atoms with Crippen molar-refractivity contribution in [1.82, 2.24) is 4.98 Å². The summed E-state index contributed by atoms with van der Waals surface area (Å²) in [7, 11) is 1.54. The molecule has 0 saturated heterocycles. The average molecular weight is 554 g/mol. The summed E-state index contributed by atoms with van der Waals surface area (Å²) in [6.07, 6.45) is 2.43. The number of para-hydroxylation sites is 1. The zero-order valence-electron chi connectivity index (χ0n) is 22.3. The van der Waals surface area contributed by atoms with E-state index >= 15 is 4.39 Å². The van der Waals surface area contributed by atoms with Gasteiger partial charge >= 0.3 is 0 Å². The van der Waals surface area contributed by atoms with E-state index in [1.165, 1.54) is 24.8 Å². The maximum atomic E-state index is 15.0. The van der Waals surface area contributed by atoms with Crippen molar-refractivity contribution in [3.05, 3.63) is 108 Å². The van der Waals surface area contributed by atoms with Crippen LogP contribution in [0.3, 0.4) is 0 Å². The molecule has 5 aromatic rings. The van der Waals surface area contributed by atoms with E-state index < -0.39 is 5.82 Å². The van der Waals surface area contributed by atoms with Crippen molar-refractivity contribution in [2.45, 2.75) is 32.6 Å². The summed E-state index contributed by atoms with van der Waals surface area (Å²) in [5, 5.41) is 0. The van der Waals surface area contributed by atoms with E-state index in [1.54, 1.807) is 41.8 Å². The number of nitrogens with zero attached hydrogens (tertiary/aromatic N) is 1. The zero-order chi connectivity index (χ0) is 28.1. The van der Waals surface area contributed by atoms with E-state index in [2.05, 4.69) is 30.1 Å². The quantitative estimate of drug-likeness (QED) is 0.156. The average Bonchev–Trinajstić information content (AvgIpc) is 3.40. The van der Waals surface area contributed by atoms with E-state index in [0.717, 1.165) is 32.6 Å². The number of hydrogen-bond donors (Lipinski definition) is 0. The molecule has 3 aromatic carbocycles. The summed E-state index contributed by atoms with van der Waals surface area (Å²) in [4.78, 5) is 30.5. The highest BCUT2D eigenvalue weighted by Crippen LogP contribution is 2.39. The second-order valence-corrected chi connectivity index (χ2v) is 10.5. The summed E-state index contributed by atoms with van der Waals surface area (Å²) >= 11 is 1.55. The standard InChI is InChI=1S/C33H28FNO4S/c1-3-21-7-6-9-24(15-21)32-20-28-33(40-32)31(13-14-35-28)39-30-12-11-22(17-27(30)34)16-25(36)19-26(37)18-23-8-4-5-10-29(23)38-2/h4-15,17,20H,3,16,18-19H2,1-2H3. The van der Waals surface area contributed by atoms with Crippen LogP contribution in [0, 0.1) is 5.82 Å². The van der Waals surface area contributed by atoms with Crippen LogP contribution in [0.15, 0.2) is 85.1 Å². The maximum absolute atomic E-state index is 15.0. The van der Waals surface area contributed by atoms with Gasteiger partial charge in [-0.25, -0.2) is 4.39 Å². The van der Waals surface area contributed by atoms with Gasteiger partial charge in [-0.05, 0) is 47.4 Å². The second kappa shape index (κ2) is 12.2. The van der Waals surface area contributed by atoms with Crippen LogP contribution in [-0.2, 0) is 28.9 Å². The van der Waals surface area contributed by atoms with Gasteiger partial charge in [0.2, 0.25) is 0 Å². The number of Topliss-reactive ketones (excluding diaryl/α,β-unsaturated/α-hetero) is 2. The lowest BCUT2D eigenvalue weighted by Crippen LogP contribution is -2.13. The molecule has 0 radical (unpaired) electrons. The smallest absolute Gasteiger partial charge is 0.166 e. The van der Waals surface area contributed by atoms with Gasteiger partial charge in [-0.1, -0.05) is 55.5 Å². The van der Waals surface area contributed by atoms with Gasteiger partial charge in [-0.15, -0.1) is 11.3 Å². The number of halogens is 1. The molecule has 5 rings (SSSR count). The van der Waals surface area contributed by atoms with Crippen molar-refractivity contribution >= 4 is 33.1 Å². The van der Waals surface area contributed by atoms with E-state index in [-0.39, 0.29) is 36.6 Å². The van der Waals surface area contributed by atoms with Crippen molar-refractivity contribution in [1.29, 1.82) is 0 Å². The Labute approximate surface area is 236 Å². The largest absolute Gasteiger partial charge is 0.496 e. The third kappa shape index (κ3) is 6.26. The molecule has 0 amide bonds. The highest BCUT2D eigenvalue weighted by Gasteiger charge is 2.16. The molecule has 202 valence electrons. The number of fused-ring (bicyclic) bond motifs is 1. The van der Waals surface area contributed by atoms with Gasteiger partial charge in [0.15, 0.2) is 11.6 Å². The number of ketones is 2.